The third-order valence-corrected chi connectivity index (χ3v) is 9.40. The molecule has 2 aromatic rings. The van der Waals surface area contributed by atoms with Crippen molar-refractivity contribution in [2.45, 2.75) is 50.8 Å². The lowest BCUT2D eigenvalue weighted by Gasteiger charge is -2.35. The largest absolute Gasteiger partial charge is 0.396 e. The Labute approximate surface area is 187 Å². The van der Waals surface area contributed by atoms with Gasteiger partial charge in [-0.1, -0.05) is 42.8 Å². The van der Waals surface area contributed by atoms with Crippen LogP contribution in [0.25, 0.3) is 10.9 Å². The number of carbonyl (C=O) groups excluding carboxylic acids is 1. The number of benzene rings is 1. The fourth-order valence-electron chi connectivity index (χ4n) is 4.21. The number of hydrogen-bond acceptors (Lipinski definition) is 4. The number of aliphatic hydroxyl groups excluding tert-OH is 1. The van der Waals surface area contributed by atoms with Crippen LogP contribution < -0.4 is 5.32 Å². The first-order chi connectivity index (χ1) is 14.6. The highest BCUT2D eigenvalue weighted by molar-refractivity contribution is 7.91. The Morgan fingerprint density at radius 1 is 1.26 bits per heavy atom. The monoisotopic (exact) mass is 462 g/mol. The number of allylic oxidation sites excluding steroid dienone is 3. The minimum atomic E-state index is -3.99. The summed E-state index contributed by atoms with van der Waals surface area (Å²) in [4.78, 5) is 12.5. The second-order valence-corrected chi connectivity index (χ2v) is 11.5. The average molecular weight is 463 g/mol. The molecule has 1 amide bonds. The number of fused-ring (bicyclic) bond motifs is 1. The van der Waals surface area contributed by atoms with Crippen LogP contribution in [-0.4, -0.2) is 34.8 Å². The average Bonchev–Trinajstić information content (AvgIpc) is 3.36. The van der Waals surface area contributed by atoms with E-state index in [0.717, 1.165) is 18.2 Å². The van der Waals surface area contributed by atoms with Crippen molar-refractivity contribution in [1.29, 1.82) is 0 Å². The number of nitrogens with one attached hydrogen (secondary N) is 1. The summed E-state index contributed by atoms with van der Waals surface area (Å²) in [6, 6.07) is 9.07. The van der Waals surface area contributed by atoms with Gasteiger partial charge >= 0.3 is 0 Å². The van der Waals surface area contributed by atoms with E-state index in [9.17, 15) is 18.3 Å². The number of aromatic nitrogens is 1. The van der Waals surface area contributed by atoms with Gasteiger partial charge in [0.2, 0.25) is 15.9 Å². The van der Waals surface area contributed by atoms with Crippen LogP contribution in [0.4, 0.5) is 0 Å². The van der Waals surface area contributed by atoms with Gasteiger partial charge in [0.05, 0.1) is 17.8 Å². The molecule has 1 unspecified atom stereocenters. The van der Waals surface area contributed by atoms with Gasteiger partial charge in [-0.3, -0.25) is 4.79 Å². The van der Waals surface area contributed by atoms with Crippen LogP contribution in [0.1, 0.15) is 45.2 Å². The first-order valence-corrected chi connectivity index (χ1v) is 12.3. The minimum Gasteiger partial charge on any atom is -0.396 e. The summed E-state index contributed by atoms with van der Waals surface area (Å²) in [7, 11) is -3.99. The fourth-order valence-corrected chi connectivity index (χ4v) is 6.75. The van der Waals surface area contributed by atoms with Crippen LogP contribution >= 0.6 is 11.6 Å². The summed E-state index contributed by atoms with van der Waals surface area (Å²) in [5.74, 6) is -0.0579. The van der Waals surface area contributed by atoms with Crippen LogP contribution in [0.3, 0.4) is 0 Å². The third kappa shape index (κ3) is 3.62. The molecule has 6 nitrogen and oxygen atoms in total. The number of para-hydroxylation sites is 1. The topological polar surface area (TPSA) is 88.4 Å². The Balaban J connectivity index is 1.82. The molecule has 2 aliphatic carbocycles. The zero-order valence-electron chi connectivity index (χ0n) is 17.7. The van der Waals surface area contributed by atoms with Crippen LogP contribution in [0.15, 0.2) is 53.1 Å². The van der Waals surface area contributed by atoms with Crippen molar-refractivity contribution in [3.05, 3.63) is 58.8 Å². The van der Waals surface area contributed by atoms with Crippen molar-refractivity contribution < 1.29 is 18.3 Å². The highest BCUT2D eigenvalue weighted by Gasteiger charge is 2.47. The zero-order valence-corrected chi connectivity index (χ0v) is 19.3. The third-order valence-electron chi connectivity index (χ3n) is 6.59. The Morgan fingerprint density at radius 2 is 1.97 bits per heavy atom. The van der Waals surface area contributed by atoms with E-state index in [0.29, 0.717) is 21.8 Å². The highest BCUT2D eigenvalue weighted by Crippen LogP contribution is 2.45. The predicted molar refractivity (Wildman–Crippen MR) is 122 cm³/mol. The van der Waals surface area contributed by atoms with Gasteiger partial charge in [0.1, 0.15) is 4.75 Å². The Bertz CT molecular complexity index is 1210. The fraction of sp³-hybridized carbons (Fsp3) is 0.435. The number of hydrogen-bond donors (Lipinski definition) is 2. The number of rotatable bonds is 7. The van der Waals surface area contributed by atoms with Crippen LogP contribution in [0, 0.1) is 5.41 Å². The van der Waals surface area contributed by atoms with Gasteiger partial charge in [0.15, 0.2) is 0 Å². The summed E-state index contributed by atoms with van der Waals surface area (Å²) in [5, 5.41) is 13.6. The second kappa shape index (κ2) is 7.80. The normalized spacial score (nSPS) is 22.7. The zero-order chi connectivity index (χ0) is 22.4. The molecule has 1 aromatic heterocycles. The molecule has 4 rings (SSSR count). The van der Waals surface area contributed by atoms with Gasteiger partial charge in [0, 0.05) is 22.4 Å². The molecule has 1 fully saturated rings. The van der Waals surface area contributed by atoms with Crippen molar-refractivity contribution in [1.82, 2.24) is 9.29 Å². The predicted octanol–water partition coefficient (Wildman–Crippen LogP) is 3.83. The van der Waals surface area contributed by atoms with Crippen molar-refractivity contribution in [3.8, 4) is 0 Å². The van der Waals surface area contributed by atoms with Crippen LogP contribution in [-0.2, 0) is 21.4 Å². The first kappa shape index (κ1) is 22.1. The maximum atomic E-state index is 14.1. The molecule has 0 spiro atoms. The summed E-state index contributed by atoms with van der Waals surface area (Å²) in [6.45, 7) is 3.49. The smallest absolute Gasteiger partial charge is 0.249 e. The summed E-state index contributed by atoms with van der Waals surface area (Å²) in [6.07, 6.45) is 5.55. The maximum Gasteiger partial charge on any atom is 0.249 e. The highest BCUT2D eigenvalue weighted by atomic mass is 35.5. The van der Waals surface area contributed by atoms with Crippen molar-refractivity contribution in [2.75, 3.05) is 6.61 Å². The molecule has 1 atom stereocenters. The van der Waals surface area contributed by atoms with E-state index in [1.165, 1.54) is 3.97 Å². The van der Waals surface area contributed by atoms with Gasteiger partial charge in [-0.25, -0.2) is 12.4 Å². The lowest BCUT2D eigenvalue weighted by Crippen LogP contribution is -2.43. The lowest BCUT2D eigenvalue weighted by molar-refractivity contribution is -0.125. The van der Waals surface area contributed by atoms with E-state index in [1.807, 2.05) is 25.1 Å². The molecule has 0 radical (unpaired) electrons. The maximum absolute atomic E-state index is 14.1. The summed E-state index contributed by atoms with van der Waals surface area (Å²) in [5.41, 5.74) is 1.20. The van der Waals surface area contributed by atoms with E-state index in [2.05, 4.69) is 5.32 Å². The molecule has 1 aromatic carbocycles. The van der Waals surface area contributed by atoms with Crippen LogP contribution in [0.2, 0.25) is 0 Å². The molecule has 31 heavy (non-hydrogen) atoms. The molecule has 2 aliphatic rings. The number of amides is 1. The standard InChI is InChI=1S/C23H27ClN2O4S/c1-22(11-12-22)21(28)25-15-17-14-16-6-3-4-8-20(16)26(17)31(29,30)23(2)10-5-7-19(24)18(23)9-13-27/h3-8,14,27H,9-13,15H2,1-2H3,(H,25,28). The van der Waals surface area contributed by atoms with E-state index in [4.69, 9.17) is 11.6 Å². The van der Waals surface area contributed by atoms with E-state index in [-0.39, 0.29) is 37.3 Å². The van der Waals surface area contributed by atoms with E-state index >= 15 is 0 Å². The van der Waals surface area contributed by atoms with E-state index in [1.54, 1.807) is 31.2 Å². The lowest BCUT2D eigenvalue weighted by atomic mass is 9.90. The quantitative estimate of drug-likeness (QED) is 0.654. The van der Waals surface area contributed by atoms with Crippen molar-refractivity contribution >= 4 is 38.4 Å². The summed E-state index contributed by atoms with van der Waals surface area (Å²) >= 11 is 6.38. The van der Waals surface area contributed by atoms with Gasteiger partial charge in [0.25, 0.3) is 0 Å². The van der Waals surface area contributed by atoms with Crippen molar-refractivity contribution in [2.24, 2.45) is 5.41 Å². The molecule has 1 saturated carbocycles. The Morgan fingerprint density at radius 3 is 2.65 bits per heavy atom. The molecular formula is C23H27ClN2O4S. The Hall–Kier alpha value is -2.09. The molecule has 2 N–H and O–H groups in total. The first-order valence-electron chi connectivity index (χ1n) is 10.4. The Kier molecular flexibility index (Phi) is 5.56. The van der Waals surface area contributed by atoms with Gasteiger partial charge < -0.3 is 10.4 Å². The molecule has 1 heterocycles. The number of nitrogens with zero attached hydrogens (tertiary/aromatic N) is 1. The van der Waals surface area contributed by atoms with Crippen molar-refractivity contribution in [3.63, 3.8) is 0 Å². The number of aliphatic hydroxyl groups is 1. The van der Waals surface area contributed by atoms with Gasteiger partial charge in [-0.15, -0.1) is 0 Å². The SMILES string of the molecule is CC1(C(=O)NCc2cc3ccccc3n2S(=O)(=O)C2(C)CC=CC(Cl)=C2CCO)CC1. The molecule has 0 saturated heterocycles. The molecular weight excluding hydrogens is 436 g/mol. The molecule has 0 aliphatic heterocycles. The second-order valence-electron chi connectivity index (χ2n) is 8.84. The summed E-state index contributed by atoms with van der Waals surface area (Å²) < 4.78 is 28.3. The van der Waals surface area contributed by atoms with Gasteiger partial charge in [-0.05, 0) is 56.4 Å². The number of halogens is 1. The number of carbonyl (C=O) groups is 1. The van der Waals surface area contributed by atoms with Crippen LogP contribution in [0.5, 0.6) is 0 Å². The van der Waals surface area contributed by atoms with E-state index < -0.39 is 14.8 Å². The molecule has 0 bridgehead atoms. The molecule has 166 valence electrons. The minimum absolute atomic E-state index is 0.0579. The van der Waals surface area contributed by atoms with Gasteiger partial charge in [-0.2, -0.15) is 0 Å². The molecule has 8 heteroatoms.